The van der Waals surface area contributed by atoms with Crippen LogP contribution in [-0.2, 0) is 11.3 Å². The number of aliphatic carboxylic acids is 1. The number of amides is 2. The summed E-state index contributed by atoms with van der Waals surface area (Å²) in [6.45, 7) is 3.28. The van der Waals surface area contributed by atoms with Crippen molar-refractivity contribution in [3.63, 3.8) is 0 Å². The Morgan fingerprint density at radius 1 is 1.48 bits per heavy atom. The van der Waals surface area contributed by atoms with Gasteiger partial charge in [0.15, 0.2) is 0 Å². The summed E-state index contributed by atoms with van der Waals surface area (Å²) in [6, 6.07) is 4.18. The zero-order valence-electron chi connectivity index (χ0n) is 12.0. The summed E-state index contributed by atoms with van der Waals surface area (Å²) >= 11 is 1.61. The van der Waals surface area contributed by atoms with Crippen LogP contribution in [0.15, 0.2) is 17.5 Å². The van der Waals surface area contributed by atoms with Gasteiger partial charge in [-0.15, -0.1) is 11.3 Å². The first kappa shape index (κ1) is 15.8. The second kappa shape index (κ2) is 7.42. The zero-order chi connectivity index (χ0) is 15.2. The first-order valence-electron chi connectivity index (χ1n) is 7.11. The molecule has 0 bridgehead atoms. The molecule has 1 fully saturated rings. The molecule has 6 nitrogen and oxygen atoms in total. The van der Waals surface area contributed by atoms with Gasteiger partial charge in [-0.1, -0.05) is 13.0 Å². The summed E-state index contributed by atoms with van der Waals surface area (Å²) in [5.74, 6) is -0.804. The van der Waals surface area contributed by atoms with Gasteiger partial charge < -0.3 is 15.7 Å². The third-order valence-electron chi connectivity index (χ3n) is 3.71. The maximum Gasteiger partial charge on any atom is 0.317 e. The van der Waals surface area contributed by atoms with E-state index in [4.69, 9.17) is 5.11 Å². The minimum absolute atomic E-state index is 0.0679. The highest BCUT2D eigenvalue weighted by Gasteiger charge is 2.34. The van der Waals surface area contributed by atoms with Crippen LogP contribution in [0.4, 0.5) is 4.79 Å². The number of carboxylic acid groups (broad SMARTS) is 1. The van der Waals surface area contributed by atoms with Gasteiger partial charge in [0.1, 0.15) is 0 Å². The number of nitrogens with one attached hydrogen (secondary N) is 2. The van der Waals surface area contributed by atoms with E-state index in [2.05, 4.69) is 10.6 Å². The standard InChI is InChI=1S/C14H21N3O3S/c1-2-17(9-13(18)19)11-6-10(7-11)16-14(20)15-8-12-4-3-5-21-12/h3-5,10-11H,2,6-9H2,1H3,(H,18,19)(H2,15,16,20). The topological polar surface area (TPSA) is 81.7 Å². The fourth-order valence-electron chi connectivity index (χ4n) is 2.49. The molecular formula is C14H21N3O3S. The van der Waals surface area contributed by atoms with Crippen molar-refractivity contribution >= 4 is 23.3 Å². The first-order chi connectivity index (χ1) is 10.1. The molecule has 116 valence electrons. The fraction of sp³-hybridized carbons (Fsp3) is 0.571. The van der Waals surface area contributed by atoms with Crippen LogP contribution in [0.2, 0.25) is 0 Å². The molecule has 0 spiro atoms. The van der Waals surface area contributed by atoms with Crippen molar-refractivity contribution in [2.75, 3.05) is 13.1 Å². The lowest BCUT2D eigenvalue weighted by Gasteiger charge is -2.42. The molecule has 1 aromatic heterocycles. The summed E-state index contributed by atoms with van der Waals surface area (Å²) < 4.78 is 0. The third-order valence-corrected chi connectivity index (χ3v) is 4.59. The molecule has 0 saturated heterocycles. The maximum absolute atomic E-state index is 11.7. The highest BCUT2D eigenvalue weighted by Crippen LogP contribution is 2.25. The van der Waals surface area contributed by atoms with Gasteiger partial charge in [0.2, 0.25) is 0 Å². The predicted octanol–water partition coefficient (Wildman–Crippen LogP) is 1.48. The average molecular weight is 311 g/mol. The fourth-order valence-corrected chi connectivity index (χ4v) is 3.14. The van der Waals surface area contributed by atoms with Crippen molar-refractivity contribution in [2.24, 2.45) is 0 Å². The van der Waals surface area contributed by atoms with Gasteiger partial charge in [-0.25, -0.2) is 4.79 Å². The second-order valence-electron chi connectivity index (χ2n) is 5.19. The number of thiophene rings is 1. The number of carbonyl (C=O) groups is 2. The van der Waals surface area contributed by atoms with E-state index in [0.717, 1.165) is 17.7 Å². The van der Waals surface area contributed by atoms with E-state index < -0.39 is 5.97 Å². The van der Waals surface area contributed by atoms with Gasteiger partial charge in [0.25, 0.3) is 0 Å². The van der Waals surface area contributed by atoms with E-state index in [9.17, 15) is 9.59 Å². The number of urea groups is 1. The number of hydrogen-bond donors (Lipinski definition) is 3. The van der Waals surface area contributed by atoms with Gasteiger partial charge in [0, 0.05) is 17.0 Å². The van der Waals surface area contributed by atoms with Crippen LogP contribution in [0.25, 0.3) is 0 Å². The molecule has 0 radical (unpaired) electrons. The van der Waals surface area contributed by atoms with E-state index >= 15 is 0 Å². The van der Waals surface area contributed by atoms with Gasteiger partial charge in [-0.05, 0) is 30.8 Å². The van der Waals surface area contributed by atoms with E-state index in [-0.39, 0.29) is 24.7 Å². The summed E-state index contributed by atoms with van der Waals surface area (Å²) in [5.41, 5.74) is 0. The van der Waals surface area contributed by atoms with Crippen molar-refractivity contribution < 1.29 is 14.7 Å². The van der Waals surface area contributed by atoms with Gasteiger partial charge >= 0.3 is 12.0 Å². The summed E-state index contributed by atoms with van der Waals surface area (Å²) in [5, 5.41) is 16.6. The number of carbonyl (C=O) groups excluding carboxylic acids is 1. The van der Waals surface area contributed by atoms with Crippen LogP contribution in [0.3, 0.4) is 0 Å². The van der Waals surface area contributed by atoms with Gasteiger partial charge in [0.05, 0.1) is 13.1 Å². The zero-order valence-corrected chi connectivity index (χ0v) is 12.9. The lowest BCUT2D eigenvalue weighted by molar-refractivity contribution is -0.139. The Morgan fingerprint density at radius 3 is 2.81 bits per heavy atom. The van der Waals surface area contributed by atoms with Crippen LogP contribution >= 0.6 is 11.3 Å². The molecular weight excluding hydrogens is 290 g/mol. The molecule has 1 aromatic rings. The van der Waals surface area contributed by atoms with Crippen LogP contribution in [0.5, 0.6) is 0 Å². The van der Waals surface area contributed by atoms with Crippen molar-refractivity contribution in [2.45, 2.75) is 38.4 Å². The quantitative estimate of drug-likeness (QED) is 0.712. The lowest BCUT2D eigenvalue weighted by atomic mass is 9.85. The Balaban J connectivity index is 1.65. The number of hydrogen-bond acceptors (Lipinski definition) is 4. The number of rotatable bonds is 7. The highest BCUT2D eigenvalue weighted by molar-refractivity contribution is 7.09. The maximum atomic E-state index is 11.7. The molecule has 0 aromatic carbocycles. The van der Waals surface area contributed by atoms with Gasteiger partial charge in [-0.3, -0.25) is 9.69 Å². The van der Waals surface area contributed by atoms with Crippen LogP contribution in [0, 0.1) is 0 Å². The second-order valence-corrected chi connectivity index (χ2v) is 6.22. The van der Waals surface area contributed by atoms with Crippen LogP contribution in [0.1, 0.15) is 24.6 Å². The van der Waals surface area contributed by atoms with Crippen molar-refractivity contribution in [1.29, 1.82) is 0 Å². The molecule has 0 aliphatic heterocycles. The normalized spacial score (nSPS) is 20.9. The van der Waals surface area contributed by atoms with E-state index in [1.807, 2.05) is 29.3 Å². The first-order valence-corrected chi connectivity index (χ1v) is 7.99. The van der Waals surface area contributed by atoms with E-state index in [0.29, 0.717) is 13.1 Å². The average Bonchev–Trinajstić information content (AvgIpc) is 2.90. The summed E-state index contributed by atoms with van der Waals surface area (Å²) in [7, 11) is 0. The Kier molecular flexibility index (Phi) is 5.58. The molecule has 1 aliphatic carbocycles. The third kappa shape index (κ3) is 4.71. The Morgan fingerprint density at radius 2 is 2.24 bits per heavy atom. The number of carboxylic acids is 1. The lowest BCUT2D eigenvalue weighted by Crippen LogP contribution is -2.56. The number of likely N-dealkylation sites (N-methyl/N-ethyl adjacent to an activating group) is 1. The van der Waals surface area contributed by atoms with Crippen molar-refractivity contribution in [3.8, 4) is 0 Å². The molecule has 0 unspecified atom stereocenters. The van der Waals surface area contributed by atoms with Crippen molar-refractivity contribution in [3.05, 3.63) is 22.4 Å². The Labute approximate surface area is 128 Å². The number of nitrogens with zero attached hydrogens (tertiary/aromatic N) is 1. The van der Waals surface area contributed by atoms with Crippen molar-refractivity contribution in [1.82, 2.24) is 15.5 Å². The van der Waals surface area contributed by atoms with Crippen LogP contribution < -0.4 is 10.6 Å². The molecule has 7 heteroatoms. The molecule has 1 saturated carbocycles. The molecule has 1 heterocycles. The molecule has 0 atom stereocenters. The summed E-state index contributed by atoms with van der Waals surface area (Å²) in [6.07, 6.45) is 1.63. The van der Waals surface area contributed by atoms with Crippen LogP contribution in [-0.4, -0.2) is 47.2 Å². The Hall–Kier alpha value is -1.60. The highest BCUT2D eigenvalue weighted by atomic mass is 32.1. The van der Waals surface area contributed by atoms with Gasteiger partial charge in [-0.2, -0.15) is 0 Å². The minimum Gasteiger partial charge on any atom is -0.480 e. The predicted molar refractivity (Wildman–Crippen MR) is 81.4 cm³/mol. The monoisotopic (exact) mass is 311 g/mol. The summed E-state index contributed by atoms with van der Waals surface area (Å²) in [4.78, 5) is 25.5. The minimum atomic E-state index is -0.804. The smallest absolute Gasteiger partial charge is 0.317 e. The largest absolute Gasteiger partial charge is 0.480 e. The Bertz CT molecular complexity index is 472. The molecule has 1 aliphatic rings. The molecule has 2 amide bonds. The van der Waals surface area contributed by atoms with E-state index in [1.165, 1.54) is 0 Å². The molecule has 21 heavy (non-hydrogen) atoms. The SMILES string of the molecule is CCN(CC(=O)O)C1CC(NC(=O)NCc2cccs2)C1. The van der Waals surface area contributed by atoms with E-state index in [1.54, 1.807) is 11.3 Å². The molecule has 2 rings (SSSR count). The molecule has 3 N–H and O–H groups in total.